The topological polar surface area (TPSA) is 106 Å². The predicted octanol–water partition coefficient (Wildman–Crippen LogP) is 4.89. The number of hydrogen-bond donors (Lipinski definition) is 2. The maximum atomic E-state index is 16.2. The summed E-state index contributed by atoms with van der Waals surface area (Å²) < 4.78 is 22.7. The van der Waals surface area contributed by atoms with Gasteiger partial charge in [-0.3, -0.25) is 19.5 Å². The van der Waals surface area contributed by atoms with Gasteiger partial charge in [0, 0.05) is 16.8 Å². The predicted molar refractivity (Wildman–Crippen MR) is 140 cm³/mol. The number of primary amides is 1. The van der Waals surface area contributed by atoms with Gasteiger partial charge in [-0.05, 0) is 68.7 Å². The molecule has 3 N–H and O–H groups in total. The number of carbonyl (C=O) groups excluding carboxylic acids is 2. The second-order valence-electron chi connectivity index (χ2n) is 10.4. The van der Waals surface area contributed by atoms with Crippen LogP contribution >= 0.6 is 23.2 Å². The van der Waals surface area contributed by atoms with Gasteiger partial charge in [-0.2, -0.15) is 0 Å². The molecule has 5 rings (SSSR count). The zero-order chi connectivity index (χ0) is 27.5. The van der Waals surface area contributed by atoms with Crippen molar-refractivity contribution < 1.29 is 23.8 Å². The summed E-state index contributed by atoms with van der Waals surface area (Å²) >= 11 is 12.2. The van der Waals surface area contributed by atoms with Gasteiger partial charge in [-0.1, -0.05) is 35.3 Å². The summed E-state index contributed by atoms with van der Waals surface area (Å²) in [7, 11) is 0. The van der Waals surface area contributed by atoms with E-state index in [1.807, 2.05) is 0 Å². The molecule has 2 aromatic carbocycles. The molecular weight excluding hydrogens is 532 g/mol. The van der Waals surface area contributed by atoms with E-state index in [1.165, 1.54) is 37.1 Å². The van der Waals surface area contributed by atoms with Crippen LogP contribution < -0.4 is 5.73 Å². The number of rotatable bonds is 8. The number of nitrogens with zero attached hydrogens (tertiary/aromatic N) is 2. The number of benzene rings is 2. The third kappa shape index (κ3) is 4.45. The average Bonchev–Trinajstić information content (AvgIpc) is 3.62. The molecule has 1 saturated carbocycles. The van der Waals surface area contributed by atoms with Crippen LogP contribution in [0.4, 0.5) is 4.39 Å². The van der Waals surface area contributed by atoms with Crippen molar-refractivity contribution in [2.24, 2.45) is 11.1 Å². The quantitative estimate of drug-likeness (QED) is 0.410. The third-order valence-electron chi connectivity index (χ3n) is 7.27. The highest BCUT2D eigenvalue weighted by Gasteiger charge is 2.58. The smallest absolute Gasteiger partial charge is 0.257 e. The highest BCUT2D eigenvalue weighted by molar-refractivity contribution is 6.30. The average molecular weight is 558 g/mol. The Balaban J connectivity index is 1.75. The van der Waals surface area contributed by atoms with Gasteiger partial charge in [-0.25, -0.2) is 4.39 Å². The summed E-state index contributed by atoms with van der Waals surface area (Å²) in [6.07, 6.45) is 2.51. The minimum Gasteiger partial charge on any atom is -0.386 e. The summed E-state index contributed by atoms with van der Waals surface area (Å²) in [5.74, 6) is -1.78. The standard InChI is InChI=1S/C28H26Cl2FN3O4/c1-26(2,37)17-11-21-23(22(31)12-17)28(16-3-5-18(29)6-4-16,38-15-27(9-10-27)25(32)36)34(24(21)35)14-20-8-7-19(30)13-33-20/h3-8,11-13,37H,9-10,14-15H2,1-2H3,(H2,32,36)/t28-/m1/s1. The highest BCUT2D eigenvalue weighted by Crippen LogP contribution is 2.52. The minimum atomic E-state index is -1.77. The Morgan fingerprint density at radius 1 is 1.16 bits per heavy atom. The van der Waals surface area contributed by atoms with E-state index in [4.69, 9.17) is 33.7 Å². The Bertz CT molecular complexity index is 1420. The maximum absolute atomic E-state index is 16.2. The normalized spacial score (nSPS) is 19.9. The molecule has 2 amide bonds. The Morgan fingerprint density at radius 2 is 1.82 bits per heavy atom. The SMILES string of the molecule is CC(C)(O)c1cc(F)c2c(c1)C(=O)N(Cc1ccc(Cl)cn1)[C@@]2(OCC1(C(N)=O)CC1)c1ccc(Cl)cc1. The van der Waals surface area contributed by atoms with Crippen molar-refractivity contribution in [1.82, 2.24) is 9.88 Å². The zero-order valence-electron chi connectivity index (χ0n) is 20.8. The first-order chi connectivity index (χ1) is 17.9. The number of carbonyl (C=O) groups is 2. The molecule has 10 heteroatoms. The maximum Gasteiger partial charge on any atom is 0.257 e. The lowest BCUT2D eigenvalue weighted by Crippen LogP contribution is -2.48. The molecule has 38 heavy (non-hydrogen) atoms. The first-order valence-corrected chi connectivity index (χ1v) is 12.8. The largest absolute Gasteiger partial charge is 0.386 e. The fraction of sp³-hybridized carbons (Fsp3) is 0.321. The lowest BCUT2D eigenvalue weighted by Gasteiger charge is -2.40. The van der Waals surface area contributed by atoms with Gasteiger partial charge in [0.1, 0.15) is 5.82 Å². The summed E-state index contributed by atoms with van der Waals surface area (Å²) in [5, 5.41) is 11.5. The number of pyridine rings is 1. The Labute approximate surface area is 229 Å². The second-order valence-corrected chi connectivity index (χ2v) is 11.3. The molecule has 3 aromatic rings. The number of amides is 2. The number of fused-ring (bicyclic) bond motifs is 1. The van der Waals surface area contributed by atoms with Crippen LogP contribution in [0.2, 0.25) is 10.0 Å². The van der Waals surface area contributed by atoms with Gasteiger partial charge >= 0.3 is 0 Å². The van der Waals surface area contributed by atoms with Crippen molar-refractivity contribution in [2.75, 3.05) is 6.61 Å². The first-order valence-electron chi connectivity index (χ1n) is 12.1. The summed E-state index contributed by atoms with van der Waals surface area (Å²) in [6, 6.07) is 12.5. The Morgan fingerprint density at radius 3 is 2.37 bits per heavy atom. The van der Waals surface area contributed by atoms with Crippen LogP contribution in [0.5, 0.6) is 0 Å². The fourth-order valence-corrected chi connectivity index (χ4v) is 5.04. The van der Waals surface area contributed by atoms with Crippen LogP contribution in [-0.2, 0) is 27.4 Å². The minimum absolute atomic E-state index is 0.0212. The van der Waals surface area contributed by atoms with Crippen molar-refractivity contribution in [2.45, 2.75) is 44.6 Å². The molecule has 0 saturated heterocycles. The van der Waals surface area contributed by atoms with Crippen molar-refractivity contribution >= 4 is 35.0 Å². The van der Waals surface area contributed by atoms with Crippen LogP contribution in [0.15, 0.2) is 54.7 Å². The molecule has 198 valence electrons. The van der Waals surface area contributed by atoms with E-state index in [0.29, 0.717) is 34.1 Å². The zero-order valence-corrected chi connectivity index (χ0v) is 22.3. The van der Waals surface area contributed by atoms with E-state index < -0.39 is 34.4 Å². The first kappa shape index (κ1) is 26.6. The molecule has 1 aliphatic heterocycles. The molecule has 0 unspecified atom stereocenters. The summed E-state index contributed by atoms with van der Waals surface area (Å²) in [4.78, 5) is 32.0. The van der Waals surface area contributed by atoms with E-state index in [-0.39, 0.29) is 29.8 Å². The van der Waals surface area contributed by atoms with E-state index in [1.54, 1.807) is 36.4 Å². The summed E-state index contributed by atoms with van der Waals surface area (Å²) in [6.45, 7) is 2.83. The van der Waals surface area contributed by atoms with Gasteiger partial charge in [0.2, 0.25) is 5.91 Å². The monoisotopic (exact) mass is 557 g/mol. The van der Waals surface area contributed by atoms with Gasteiger partial charge in [-0.15, -0.1) is 0 Å². The molecule has 1 atom stereocenters. The van der Waals surface area contributed by atoms with Gasteiger partial charge < -0.3 is 15.6 Å². The van der Waals surface area contributed by atoms with E-state index >= 15 is 4.39 Å². The van der Waals surface area contributed by atoms with Crippen molar-refractivity contribution in [3.8, 4) is 0 Å². The third-order valence-corrected chi connectivity index (χ3v) is 7.74. The second kappa shape index (κ2) is 9.31. The fourth-order valence-electron chi connectivity index (χ4n) is 4.81. The highest BCUT2D eigenvalue weighted by atomic mass is 35.5. The van der Waals surface area contributed by atoms with E-state index in [0.717, 1.165) is 0 Å². The molecular formula is C28H26Cl2FN3O4. The van der Waals surface area contributed by atoms with Gasteiger partial charge in [0.15, 0.2) is 5.72 Å². The van der Waals surface area contributed by atoms with Crippen molar-refractivity contribution in [1.29, 1.82) is 0 Å². The van der Waals surface area contributed by atoms with Crippen molar-refractivity contribution in [3.05, 3.63) is 98.5 Å². The molecule has 0 radical (unpaired) electrons. The molecule has 1 fully saturated rings. The lowest BCUT2D eigenvalue weighted by atomic mass is 9.88. The van der Waals surface area contributed by atoms with Crippen LogP contribution in [0, 0.1) is 11.2 Å². The lowest BCUT2D eigenvalue weighted by molar-refractivity contribution is -0.142. The molecule has 2 heterocycles. The molecule has 1 aromatic heterocycles. The van der Waals surface area contributed by atoms with E-state index in [9.17, 15) is 14.7 Å². The molecule has 7 nitrogen and oxygen atoms in total. The number of nitrogens with two attached hydrogens (primary N) is 1. The Kier molecular flexibility index (Phi) is 6.51. The number of aromatic nitrogens is 1. The van der Waals surface area contributed by atoms with E-state index in [2.05, 4.69) is 4.98 Å². The van der Waals surface area contributed by atoms with Crippen LogP contribution in [0.1, 0.15) is 59.4 Å². The number of halogens is 3. The summed E-state index contributed by atoms with van der Waals surface area (Å²) in [5.41, 5.74) is 2.74. The molecule has 1 aliphatic carbocycles. The number of aliphatic hydroxyl groups is 1. The van der Waals surface area contributed by atoms with Crippen LogP contribution in [0.3, 0.4) is 0 Å². The van der Waals surface area contributed by atoms with Gasteiger partial charge in [0.25, 0.3) is 5.91 Å². The molecule has 2 aliphatic rings. The molecule has 0 spiro atoms. The number of hydrogen-bond acceptors (Lipinski definition) is 5. The van der Waals surface area contributed by atoms with Crippen LogP contribution in [-0.4, -0.2) is 33.4 Å². The van der Waals surface area contributed by atoms with Gasteiger partial charge in [0.05, 0.1) is 46.0 Å². The Hall–Kier alpha value is -3.04. The van der Waals surface area contributed by atoms with Crippen molar-refractivity contribution in [3.63, 3.8) is 0 Å². The number of ether oxygens (including phenoxy) is 1. The molecule has 0 bridgehead atoms. The van der Waals surface area contributed by atoms with Crippen LogP contribution in [0.25, 0.3) is 0 Å².